The number of benzene rings is 2. The first kappa shape index (κ1) is 16.0. The zero-order valence-electron chi connectivity index (χ0n) is 13.6. The van der Waals surface area contributed by atoms with Gasteiger partial charge in [-0.3, -0.25) is 4.79 Å². The third-order valence-electron chi connectivity index (χ3n) is 4.17. The standard InChI is InChI=1S/C19H18N2O3/c1-19(2,12-22)21-17(11-20)16-10-14(8-9-15(16)18(21)23)24-13-6-4-3-5-7-13/h3-10,17,22H,12H2,1-2H3. The van der Waals surface area contributed by atoms with Crippen molar-refractivity contribution >= 4 is 5.91 Å². The molecule has 0 spiro atoms. The summed E-state index contributed by atoms with van der Waals surface area (Å²) in [4.78, 5) is 14.1. The van der Waals surface area contributed by atoms with Crippen molar-refractivity contribution in [2.75, 3.05) is 6.61 Å². The molecule has 1 amide bonds. The predicted molar refractivity (Wildman–Crippen MR) is 88.6 cm³/mol. The van der Waals surface area contributed by atoms with Gasteiger partial charge in [-0.15, -0.1) is 0 Å². The minimum atomic E-state index is -0.822. The van der Waals surface area contributed by atoms with Crippen LogP contribution in [-0.4, -0.2) is 28.1 Å². The van der Waals surface area contributed by atoms with Crippen LogP contribution in [0.15, 0.2) is 48.5 Å². The van der Waals surface area contributed by atoms with Crippen LogP contribution in [-0.2, 0) is 0 Å². The maximum Gasteiger partial charge on any atom is 0.256 e. The molecule has 2 aromatic carbocycles. The summed E-state index contributed by atoms with van der Waals surface area (Å²) in [5.74, 6) is 1.00. The Kier molecular flexibility index (Phi) is 4.00. The van der Waals surface area contributed by atoms with Gasteiger partial charge in [-0.1, -0.05) is 18.2 Å². The SMILES string of the molecule is CC(C)(CO)N1C(=O)c2ccc(Oc3ccccc3)cc2C1C#N. The monoisotopic (exact) mass is 322 g/mol. The molecule has 5 nitrogen and oxygen atoms in total. The van der Waals surface area contributed by atoms with E-state index in [1.54, 1.807) is 32.0 Å². The van der Waals surface area contributed by atoms with Crippen molar-refractivity contribution in [2.45, 2.75) is 25.4 Å². The molecule has 0 radical (unpaired) electrons. The number of ether oxygens (including phenoxy) is 1. The first-order chi connectivity index (χ1) is 11.5. The van der Waals surface area contributed by atoms with E-state index in [1.807, 2.05) is 30.3 Å². The van der Waals surface area contributed by atoms with E-state index in [1.165, 1.54) is 4.90 Å². The molecule has 1 N–H and O–H groups in total. The summed E-state index contributed by atoms with van der Waals surface area (Å²) in [6.45, 7) is 3.25. The Bertz CT molecular complexity index is 809. The molecule has 0 fully saturated rings. The average Bonchev–Trinajstić information content (AvgIpc) is 2.88. The molecule has 1 unspecified atom stereocenters. The lowest BCUT2D eigenvalue weighted by atomic mass is 10.0. The maximum atomic E-state index is 12.7. The minimum Gasteiger partial charge on any atom is -0.457 e. The smallest absolute Gasteiger partial charge is 0.256 e. The zero-order valence-corrected chi connectivity index (χ0v) is 13.6. The highest BCUT2D eigenvalue weighted by Gasteiger charge is 2.44. The summed E-state index contributed by atoms with van der Waals surface area (Å²) >= 11 is 0. The molecule has 0 saturated heterocycles. The number of aliphatic hydroxyl groups excluding tert-OH is 1. The third-order valence-corrected chi connectivity index (χ3v) is 4.17. The Morgan fingerprint density at radius 2 is 1.92 bits per heavy atom. The van der Waals surface area contributed by atoms with E-state index in [9.17, 15) is 15.2 Å². The molecular weight excluding hydrogens is 304 g/mol. The molecule has 24 heavy (non-hydrogen) atoms. The fraction of sp³-hybridized carbons (Fsp3) is 0.263. The number of hydrogen-bond acceptors (Lipinski definition) is 4. The molecule has 0 bridgehead atoms. The van der Waals surface area contributed by atoms with Crippen LogP contribution in [0.4, 0.5) is 0 Å². The van der Waals surface area contributed by atoms with Crippen LogP contribution < -0.4 is 4.74 Å². The topological polar surface area (TPSA) is 73.6 Å². The number of aliphatic hydroxyl groups is 1. The normalized spacial score (nSPS) is 16.7. The summed E-state index contributed by atoms with van der Waals surface area (Å²) in [5.41, 5.74) is 0.262. The largest absolute Gasteiger partial charge is 0.457 e. The number of rotatable bonds is 4. The third kappa shape index (κ3) is 2.61. The molecule has 1 atom stereocenters. The van der Waals surface area contributed by atoms with Gasteiger partial charge in [0.15, 0.2) is 0 Å². The number of para-hydroxylation sites is 1. The lowest BCUT2D eigenvalue weighted by Crippen LogP contribution is -2.48. The number of amides is 1. The number of nitrogens with zero attached hydrogens (tertiary/aromatic N) is 2. The van der Waals surface area contributed by atoms with Crippen molar-refractivity contribution in [3.05, 3.63) is 59.7 Å². The average molecular weight is 322 g/mol. The van der Waals surface area contributed by atoms with Gasteiger partial charge in [-0.25, -0.2) is 0 Å². The fourth-order valence-electron chi connectivity index (χ4n) is 2.86. The Balaban J connectivity index is 1.98. The second-order valence-electron chi connectivity index (χ2n) is 6.34. The van der Waals surface area contributed by atoms with Gasteiger partial charge in [0, 0.05) is 11.1 Å². The molecule has 1 aliphatic heterocycles. The quantitative estimate of drug-likeness (QED) is 0.937. The van der Waals surface area contributed by atoms with E-state index < -0.39 is 11.6 Å². The van der Waals surface area contributed by atoms with Crippen LogP contribution in [0.5, 0.6) is 11.5 Å². The van der Waals surface area contributed by atoms with Gasteiger partial charge in [0.2, 0.25) is 0 Å². The van der Waals surface area contributed by atoms with Gasteiger partial charge in [0.25, 0.3) is 5.91 Å². The summed E-state index contributed by atoms with van der Waals surface area (Å²) in [7, 11) is 0. The molecular formula is C19H18N2O3. The van der Waals surface area contributed by atoms with Crippen LogP contribution in [0.3, 0.4) is 0 Å². The maximum absolute atomic E-state index is 12.7. The van der Waals surface area contributed by atoms with Gasteiger partial charge in [-0.2, -0.15) is 5.26 Å². The van der Waals surface area contributed by atoms with Gasteiger partial charge < -0.3 is 14.7 Å². The molecule has 0 aliphatic carbocycles. The van der Waals surface area contributed by atoms with E-state index >= 15 is 0 Å². The van der Waals surface area contributed by atoms with E-state index in [0.29, 0.717) is 22.6 Å². The lowest BCUT2D eigenvalue weighted by molar-refractivity contribution is 0.0337. The second kappa shape index (κ2) is 5.99. The van der Waals surface area contributed by atoms with Crippen molar-refractivity contribution in [2.24, 2.45) is 0 Å². The Hall–Kier alpha value is -2.84. The first-order valence-electron chi connectivity index (χ1n) is 7.69. The molecule has 1 heterocycles. The van der Waals surface area contributed by atoms with Crippen molar-refractivity contribution in [3.63, 3.8) is 0 Å². The molecule has 0 saturated carbocycles. The molecule has 5 heteroatoms. The van der Waals surface area contributed by atoms with E-state index in [-0.39, 0.29) is 12.5 Å². The second-order valence-corrected chi connectivity index (χ2v) is 6.34. The van der Waals surface area contributed by atoms with Gasteiger partial charge in [-0.05, 0) is 44.2 Å². The minimum absolute atomic E-state index is 0.224. The van der Waals surface area contributed by atoms with Crippen molar-refractivity contribution in [1.29, 1.82) is 5.26 Å². The summed E-state index contributed by atoms with van der Waals surface area (Å²) in [6, 6.07) is 15.9. The van der Waals surface area contributed by atoms with Crippen molar-refractivity contribution < 1.29 is 14.6 Å². The lowest BCUT2D eigenvalue weighted by Gasteiger charge is -2.36. The predicted octanol–water partition coefficient (Wildman–Crippen LogP) is 3.27. The van der Waals surface area contributed by atoms with Gasteiger partial charge in [0.05, 0.1) is 18.2 Å². The van der Waals surface area contributed by atoms with Crippen LogP contribution >= 0.6 is 0 Å². The van der Waals surface area contributed by atoms with Gasteiger partial charge in [0.1, 0.15) is 17.5 Å². The molecule has 3 rings (SSSR count). The molecule has 1 aliphatic rings. The Morgan fingerprint density at radius 3 is 2.54 bits per heavy atom. The summed E-state index contributed by atoms with van der Waals surface area (Å²) in [5, 5.41) is 19.2. The number of carbonyl (C=O) groups is 1. The molecule has 122 valence electrons. The fourth-order valence-corrected chi connectivity index (χ4v) is 2.86. The van der Waals surface area contributed by atoms with Crippen LogP contribution in [0.25, 0.3) is 0 Å². The number of fused-ring (bicyclic) bond motifs is 1. The first-order valence-corrected chi connectivity index (χ1v) is 7.69. The van der Waals surface area contributed by atoms with Crippen LogP contribution in [0.1, 0.15) is 35.8 Å². The molecule has 2 aromatic rings. The van der Waals surface area contributed by atoms with Crippen LogP contribution in [0.2, 0.25) is 0 Å². The highest BCUT2D eigenvalue weighted by Crippen LogP contribution is 2.40. The number of hydrogen-bond donors (Lipinski definition) is 1. The van der Waals surface area contributed by atoms with Crippen molar-refractivity contribution in [1.82, 2.24) is 4.90 Å². The highest BCUT2D eigenvalue weighted by molar-refractivity contribution is 6.00. The Labute approximate surface area is 140 Å². The van der Waals surface area contributed by atoms with Crippen molar-refractivity contribution in [3.8, 4) is 17.6 Å². The Morgan fingerprint density at radius 1 is 1.21 bits per heavy atom. The zero-order chi connectivity index (χ0) is 17.3. The van der Waals surface area contributed by atoms with E-state index in [2.05, 4.69) is 6.07 Å². The van der Waals surface area contributed by atoms with E-state index in [0.717, 1.165) is 0 Å². The number of carbonyl (C=O) groups excluding carboxylic acids is 1. The van der Waals surface area contributed by atoms with E-state index in [4.69, 9.17) is 4.74 Å². The van der Waals surface area contributed by atoms with Crippen LogP contribution in [0, 0.1) is 11.3 Å². The summed E-state index contributed by atoms with van der Waals surface area (Å²) in [6.07, 6.45) is 0. The number of nitriles is 1. The highest BCUT2D eigenvalue weighted by atomic mass is 16.5. The summed E-state index contributed by atoms with van der Waals surface area (Å²) < 4.78 is 5.79. The molecule has 0 aromatic heterocycles. The van der Waals surface area contributed by atoms with Gasteiger partial charge >= 0.3 is 0 Å².